The van der Waals surface area contributed by atoms with Crippen molar-refractivity contribution in [2.45, 2.75) is 12.0 Å². The SMILES string of the molecule is NN1CC(c2ccc3c(c2)OCO3)C(C(=O)O)C1c1ccccc1. The first kappa shape index (κ1) is 15.0. The van der Waals surface area contributed by atoms with E-state index in [1.807, 2.05) is 48.5 Å². The fourth-order valence-corrected chi connectivity index (χ4v) is 3.69. The average molecular weight is 326 g/mol. The van der Waals surface area contributed by atoms with Gasteiger partial charge in [-0.25, -0.2) is 5.01 Å². The zero-order valence-electron chi connectivity index (χ0n) is 13.0. The first-order valence-electron chi connectivity index (χ1n) is 7.84. The van der Waals surface area contributed by atoms with Gasteiger partial charge < -0.3 is 14.6 Å². The van der Waals surface area contributed by atoms with Gasteiger partial charge in [0.2, 0.25) is 6.79 Å². The summed E-state index contributed by atoms with van der Waals surface area (Å²) in [6, 6.07) is 14.8. The molecule has 2 aliphatic rings. The standard InChI is InChI=1S/C18H18N2O4/c19-20-9-13(12-6-7-14-15(8-12)24-10-23-14)16(18(21)22)17(20)11-4-2-1-3-5-11/h1-8,13,16-17H,9-10,19H2,(H,21,22). The van der Waals surface area contributed by atoms with Gasteiger partial charge in [-0.15, -0.1) is 0 Å². The van der Waals surface area contributed by atoms with Gasteiger partial charge in [0.05, 0.1) is 12.0 Å². The lowest BCUT2D eigenvalue weighted by Gasteiger charge is -2.23. The molecule has 4 rings (SSSR count). The van der Waals surface area contributed by atoms with E-state index in [4.69, 9.17) is 15.3 Å². The topological polar surface area (TPSA) is 85.0 Å². The van der Waals surface area contributed by atoms with Crippen LogP contribution in [-0.2, 0) is 4.79 Å². The van der Waals surface area contributed by atoms with E-state index in [0.29, 0.717) is 18.0 Å². The summed E-state index contributed by atoms with van der Waals surface area (Å²) in [6.45, 7) is 0.664. The Morgan fingerprint density at radius 1 is 1.08 bits per heavy atom. The summed E-state index contributed by atoms with van der Waals surface area (Å²) in [5, 5.41) is 11.5. The molecule has 6 nitrogen and oxygen atoms in total. The predicted octanol–water partition coefficient (Wildman–Crippen LogP) is 2.13. The second-order valence-electron chi connectivity index (χ2n) is 6.14. The molecule has 3 unspecified atom stereocenters. The van der Waals surface area contributed by atoms with Gasteiger partial charge in [0, 0.05) is 12.5 Å². The molecule has 2 aromatic carbocycles. The van der Waals surface area contributed by atoms with E-state index in [9.17, 15) is 9.90 Å². The Hall–Kier alpha value is -2.57. The molecule has 0 aromatic heterocycles. The molecule has 0 amide bonds. The highest BCUT2D eigenvalue weighted by Gasteiger charge is 2.46. The number of nitrogens with two attached hydrogens (primary N) is 1. The lowest BCUT2D eigenvalue weighted by molar-refractivity contribution is -0.143. The van der Waals surface area contributed by atoms with Gasteiger partial charge in [0.15, 0.2) is 11.5 Å². The second kappa shape index (κ2) is 5.81. The van der Waals surface area contributed by atoms with Gasteiger partial charge in [0.25, 0.3) is 0 Å². The number of hydrazine groups is 1. The maximum absolute atomic E-state index is 12.0. The molecule has 0 radical (unpaired) electrons. The molecule has 0 bridgehead atoms. The van der Waals surface area contributed by atoms with Gasteiger partial charge >= 0.3 is 5.97 Å². The first-order chi connectivity index (χ1) is 11.6. The van der Waals surface area contributed by atoms with Crippen molar-refractivity contribution in [2.75, 3.05) is 13.3 Å². The van der Waals surface area contributed by atoms with Crippen LogP contribution < -0.4 is 15.3 Å². The first-order valence-corrected chi connectivity index (χ1v) is 7.84. The summed E-state index contributed by atoms with van der Waals surface area (Å²) in [5.41, 5.74) is 1.82. The minimum absolute atomic E-state index is 0.196. The number of nitrogens with zero attached hydrogens (tertiary/aromatic N) is 1. The van der Waals surface area contributed by atoms with Gasteiger partial charge in [-0.3, -0.25) is 10.6 Å². The third-order valence-electron chi connectivity index (χ3n) is 4.79. The number of hydrogen-bond acceptors (Lipinski definition) is 5. The molecule has 1 fully saturated rings. The summed E-state index contributed by atoms with van der Waals surface area (Å²) >= 11 is 0. The maximum Gasteiger partial charge on any atom is 0.309 e. The number of carboxylic acids is 1. The van der Waals surface area contributed by atoms with Gasteiger partial charge in [-0.1, -0.05) is 36.4 Å². The lowest BCUT2D eigenvalue weighted by atomic mass is 9.83. The van der Waals surface area contributed by atoms with Crippen LogP contribution in [0.1, 0.15) is 23.1 Å². The number of ether oxygens (including phenoxy) is 2. The molecular weight excluding hydrogens is 308 g/mol. The molecule has 124 valence electrons. The molecule has 1 saturated heterocycles. The Labute approximate surface area is 139 Å². The summed E-state index contributed by atoms with van der Waals surface area (Å²) in [5.74, 6) is 5.85. The van der Waals surface area contributed by atoms with Crippen molar-refractivity contribution in [3.8, 4) is 11.5 Å². The molecule has 3 N–H and O–H groups in total. The molecule has 0 spiro atoms. The molecular formula is C18H18N2O4. The Balaban J connectivity index is 1.72. The number of hydrogen-bond donors (Lipinski definition) is 2. The fourth-order valence-electron chi connectivity index (χ4n) is 3.69. The predicted molar refractivity (Wildman–Crippen MR) is 86.5 cm³/mol. The third kappa shape index (κ3) is 2.40. The van der Waals surface area contributed by atoms with Gasteiger partial charge in [0.1, 0.15) is 0 Å². The summed E-state index contributed by atoms with van der Waals surface area (Å²) in [6.07, 6.45) is 0. The van der Waals surface area contributed by atoms with E-state index in [1.54, 1.807) is 5.01 Å². The van der Waals surface area contributed by atoms with Crippen LogP contribution in [0, 0.1) is 5.92 Å². The van der Waals surface area contributed by atoms with Gasteiger partial charge in [-0.2, -0.15) is 0 Å². The summed E-state index contributed by atoms with van der Waals surface area (Å²) in [4.78, 5) is 12.0. The maximum atomic E-state index is 12.0. The highest BCUT2D eigenvalue weighted by Crippen LogP contribution is 2.46. The molecule has 2 aliphatic heterocycles. The molecule has 3 atom stereocenters. The third-order valence-corrected chi connectivity index (χ3v) is 4.79. The quantitative estimate of drug-likeness (QED) is 0.841. The van der Waals surface area contributed by atoms with Crippen LogP contribution in [0.25, 0.3) is 0 Å². The van der Waals surface area contributed by atoms with E-state index >= 15 is 0 Å². The molecule has 24 heavy (non-hydrogen) atoms. The zero-order chi connectivity index (χ0) is 16.7. The monoisotopic (exact) mass is 326 g/mol. The number of aliphatic carboxylic acids is 1. The highest BCUT2D eigenvalue weighted by atomic mass is 16.7. The highest BCUT2D eigenvalue weighted by molar-refractivity contribution is 5.73. The average Bonchev–Trinajstić information content (AvgIpc) is 3.18. The largest absolute Gasteiger partial charge is 0.481 e. The Morgan fingerprint density at radius 2 is 1.83 bits per heavy atom. The Kier molecular flexibility index (Phi) is 3.63. The molecule has 2 heterocycles. The van der Waals surface area contributed by atoms with E-state index in [2.05, 4.69) is 0 Å². The minimum Gasteiger partial charge on any atom is -0.481 e. The van der Waals surface area contributed by atoms with E-state index in [1.165, 1.54) is 0 Å². The summed E-state index contributed by atoms with van der Waals surface area (Å²) < 4.78 is 10.7. The smallest absolute Gasteiger partial charge is 0.309 e. The van der Waals surface area contributed by atoms with Crippen molar-refractivity contribution in [3.63, 3.8) is 0 Å². The fraction of sp³-hybridized carbons (Fsp3) is 0.278. The number of fused-ring (bicyclic) bond motifs is 1. The van der Waals surface area contributed by atoms with Crippen molar-refractivity contribution < 1.29 is 19.4 Å². The van der Waals surface area contributed by atoms with Crippen molar-refractivity contribution in [1.82, 2.24) is 5.01 Å². The van der Waals surface area contributed by atoms with Crippen LogP contribution in [0.2, 0.25) is 0 Å². The van der Waals surface area contributed by atoms with E-state index in [-0.39, 0.29) is 18.8 Å². The van der Waals surface area contributed by atoms with Crippen molar-refractivity contribution in [1.29, 1.82) is 0 Å². The Bertz CT molecular complexity index is 765. The number of benzene rings is 2. The zero-order valence-corrected chi connectivity index (χ0v) is 13.0. The molecule has 0 saturated carbocycles. The molecule has 0 aliphatic carbocycles. The van der Waals surface area contributed by atoms with Crippen LogP contribution in [0.5, 0.6) is 11.5 Å². The van der Waals surface area contributed by atoms with E-state index < -0.39 is 11.9 Å². The Morgan fingerprint density at radius 3 is 2.58 bits per heavy atom. The number of carboxylic acid groups (broad SMARTS) is 1. The summed E-state index contributed by atoms with van der Waals surface area (Å²) in [7, 11) is 0. The number of rotatable bonds is 3. The van der Waals surface area contributed by atoms with Crippen LogP contribution in [0.4, 0.5) is 0 Å². The van der Waals surface area contributed by atoms with Crippen LogP contribution in [-0.4, -0.2) is 29.4 Å². The minimum atomic E-state index is -0.848. The molecule has 2 aromatic rings. The van der Waals surface area contributed by atoms with Crippen molar-refractivity contribution in [2.24, 2.45) is 11.8 Å². The van der Waals surface area contributed by atoms with Crippen molar-refractivity contribution >= 4 is 5.97 Å². The molecule has 6 heteroatoms. The van der Waals surface area contributed by atoms with Crippen LogP contribution in [0.15, 0.2) is 48.5 Å². The van der Waals surface area contributed by atoms with Gasteiger partial charge in [-0.05, 0) is 23.3 Å². The number of carbonyl (C=O) groups is 1. The lowest BCUT2D eigenvalue weighted by Crippen LogP contribution is -2.33. The second-order valence-corrected chi connectivity index (χ2v) is 6.14. The van der Waals surface area contributed by atoms with Crippen LogP contribution >= 0.6 is 0 Å². The van der Waals surface area contributed by atoms with Crippen molar-refractivity contribution in [3.05, 3.63) is 59.7 Å². The normalized spacial score (nSPS) is 25.8. The van der Waals surface area contributed by atoms with Crippen LogP contribution in [0.3, 0.4) is 0 Å². The van der Waals surface area contributed by atoms with E-state index in [0.717, 1.165) is 11.1 Å².